The molecule has 2 atom stereocenters. The summed E-state index contributed by atoms with van der Waals surface area (Å²) in [5.74, 6) is 3.87. The van der Waals surface area contributed by atoms with Crippen LogP contribution < -0.4 is 5.73 Å². The van der Waals surface area contributed by atoms with Crippen LogP contribution in [0.25, 0.3) is 0 Å². The molecule has 0 aliphatic carbocycles. The smallest absolute Gasteiger partial charge is 0.0948 e. The normalized spacial score (nSPS) is 22.9. The molecule has 0 saturated carbocycles. The summed E-state index contributed by atoms with van der Waals surface area (Å²) in [4.78, 5) is 4.24. The molecular formula is C12H21N3S. The van der Waals surface area contributed by atoms with E-state index < -0.39 is 0 Å². The molecule has 0 bridgehead atoms. The van der Waals surface area contributed by atoms with E-state index in [-0.39, 0.29) is 6.04 Å². The van der Waals surface area contributed by atoms with Gasteiger partial charge >= 0.3 is 0 Å². The topological polar surface area (TPSA) is 43.8 Å². The van der Waals surface area contributed by atoms with Gasteiger partial charge in [-0.15, -0.1) is 0 Å². The fourth-order valence-corrected chi connectivity index (χ4v) is 3.38. The van der Waals surface area contributed by atoms with Crippen LogP contribution in [0.3, 0.4) is 0 Å². The van der Waals surface area contributed by atoms with Crippen molar-refractivity contribution in [3.63, 3.8) is 0 Å². The molecule has 3 nitrogen and oxygen atoms in total. The van der Waals surface area contributed by atoms with Gasteiger partial charge in [0.15, 0.2) is 0 Å². The highest BCUT2D eigenvalue weighted by Crippen LogP contribution is 2.26. The van der Waals surface area contributed by atoms with Crippen molar-refractivity contribution in [1.29, 1.82) is 0 Å². The molecule has 1 aromatic rings. The second-order valence-corrected chi connectivity index (χ2v) is 6.12. The van der Waals surface area contributed by atoms with Crippen molar-refractivity contribution >= 4 is 11.8 Å². The molecule has 4 heteroatoms. The summed E-state index contributed by atoms with van der Waals surface area (Å²) in [7, 11) is 0. The van der Waals surface area contributed by atoms with Gasteiger partial charge in [-0.05, 0) is 29.8 Å². The van der Waals surface area contributed by atoms with E-state index in [1.807, 2.05) is 12.5 Å². The molecule has 1 aliphatic heterocycles. The van der Waals surface area contributed by atoms with Gasteiger partial charge in [-0.25, -0.2) is 4.98 Å². The van der Waals surface area contributed by atoms with Crippen molar-refractivity contribution in [2.24, 2.45) is 17.6 Å². The Morgan fingerprint density at radius 3 is 3.06 bits per heavy atom. The van der Waals surface area contributed by atoms with Crippen LogP contribution >= 0.6 is 11.8 Å². The first-order valence-corrected chi connectivity index (χ1v) is 7.17. The predicted octanol–water partition coefficient (Wildman–Crippen LogP) is 2.29. The highest BCUT2D eigenvalue weighted by molar-refractivity contribution is 7.99. The Morgan fingerprint density at radius 2 is 2.44 bits per heavy atom. The standard InChI is InChI=1S/C12H21N3S/c1-9(2)12(13)11-5-14-8-15(11)6-10-3-4-16-7-10/h5,8-10,12H,3-4,6-7,13H2,1-2H3. The lowest BCUT2D eigenvalue weighted by molar-refractivity contribution is 0.437. The van der Waals surface area contributed by atoms with Crippen molar-refractivity contribution in [2.45, 2.75) is 32.9 Å². The van der Waals surface area contributed by atoms with Gasteiger partial charge in [0.05, 0.1) is 12.0 Å². The predicted molar refractivity (Wildman–Crippen MR) is 69.4 cm³/mol. The molecule has 1 saturated heterocycles. The minimum absolute atomic E-state index is 0.108. The summed E-state index contributed by atoms with van der Waals surface area (Å²) in [6.45, 7) is 5.41. The molecule has 0 aromatic carbocycles. The average molecular weight is 239 g/mol. The summed E-state index contributed by atoms with van der Waals surface area (Å²) >= 11 is 2.06. The van der Waals surface area contributed by atoms with Crippen molar-refractivity contribution in [1.82, 2.24) is 9.55 Å². The third-order valence-electron chi connectivity index (χ3n) is 3.28. The highest BCUT2D eigenvalue weighted by Gasteiger charge is 2.20. The van der Waals surface area contributed by atoms with Gasteiger partial charge < -0.3 is 10.3 Å². The molecule has 0 spiro atoms. The molecular weight excluding hydrogens is 218 g/mol. The first kappa shape index (κ1) is 12.0. The third-order valence-corrected chi connectivity index (χ3v) is 4.51. The number of nitrogens with two attached hydrogens (primary N) is 1. The van der Waals surface area contributed by atoms with Crippen molar-refractivity contribution in [3.8, 4) is 0 Å². The van der Waals surface area contributed by atoms with E-state index in [1.54, 1.807) is 0 Å². The Kier molecular flexibility index (Phi) is 3.92. The van der Waals surface area contributed by atoms with Gasteiger partial charge in [-0.1, -0.05) is 13.8 Å². The number of rotatable bonds is 4. The van der Waals surface area contributed by atoms with Crippen LogP contribution in [0.4, 0.5) is 0 Å². The maximum atomic E-state index is 6.19. The summed E-state index contributed by atoms with van der Waals surface area (Å²) in [6, 6.07) is 0.108. The molecule has 0 amide bonds. The summed E-state index contributed by atoms with van der Waals surface area (Å²) in [5.41, 5.74) is 7.38. The van der Waals surface area contributed by atoms with Gasteiger partial charge in [0.25, 0.3) is 0 Å². The molecule has 2 heterocycles. The summed E-state index contributed by atoms with van der Waals surface area (Å²) in [5, 5.41) is 0. The van der Waals surface area contributed by atoms with Crippen LogP contribution in [0, 0.1) is 11.8 Å². The quantitative estimate of drug-likeness (QED) is 0.876. The van der Waals surface area contributed by atoms with E-state index in [1.165, 1.54) is 23.6 Å². The lowest BCUT2D eigenvalue weighted by Gasteiger charge is -2.19. The second kappa shape index (κ2) is 5.23. The average Bonchev–Trinajstić information content (AvgIpc) is 2.88. The van der Waals surface area contributed by atoms with E-state index in [0.717, 1.165) is 12.5 Å². The number of thioether (sulfide) groups is 1. The first-order chi connectivity index (χ1) is 7.68. The van der Waals surface area contributed by atoms with Crippen LogP contribution in [0.15, 0.2) is 12.5 Å². The lowest BCUT2D eigenvalue weighted by Crippen LogP contribution is -2.22. The van der Waals surface area contributed by atoms with Gasteiger partial charge in [0, 0.05) is 18.8 Å². The Bertz CT molecular complexity index is 329. The molecule has 16 heavy (non-hydrogen) atoms. The first-order valence-electron chi connectivity index (χ1n) is 6.02. The molecule has 1 fully saturated rings. The second-order valence-electron chi connectivity index (χ2n) is 4.97. The number of aromatic nitrogens is 2. The van der Waals surface area contributed by atoms with Crippen molar-refractivity contribution < 1.29 is 0 Å². The molecule has 1 aromatic heterocycles. The lowest BCUT2D eigenvalue weighted by atomic mass is 10.0. The van der Waals surface area contributed by atoms with Gasteiger partial charge in [0.1, 0.15) is 0 Å². The van der Waals surface area contributed by atoms with E-state index in [4.69, 9.17) is 5.73 Å². The molecule has 2 unspecified atom stereocenters. The Hall–Kier alpha value is -0.480. The number of imidazole rings is 1. The Morgan fingerprint density at radius 1 is 1.62 bits per heavy atom. The zero-order valence-corrected chi connectivity index (χ0v) is 10.9. The van der Waals surface area contributed by atoms with Crippen molar-refractivity contribution in [3.05, 3.63) is 18.2 Å². The minimum Gasteiger partial charge on any atom is -0.333 e. The maximum absolute atomic E-state index is 6.19. The monoisotopic (exact) mass is 239 g/mol. The summed E-state index contributed by atoms with van der Waals surface area (Å²) < 4.78 is 2.25. The number of nitrogens with zero attached hydrogens (tertiary/aromatic N) is 2. The molecule has 1 aliphatic rings. The number of hydrogen-bond acceptors (Lipinski definition) is 3. The zero-order chi connectivity index (χ0) is 11.5. The molecule has 2 N–H and O–H groups in total. The van der Waals surface area contributed by atoms with E-state index in [0.29, 0.717) is 5.92 Å². The zero-order valence-electron chi connectivity index (χ0n) is 10.1. The minimum atomic E-state index is 0.108. The Labute approximate surface area is 102 Å². The molecule has 2 rings (SSSR count). The maximum Gasteiger partial charge on any atom is 0.0948 e. The van der Waals surface area contributed by atoms with Crippen LogP contribution in [-0.4, -0.2) is 21.1 Å². The van der Waals surface area contributed by atoms with Gasteiger partial charge in [-0.2, -0.15) is 11.8 Å². The fraction of sp³-hybridized carbons (Fsp3) is 0.750. The van der Waals surface area contributed by atoms with E-state index in [2.05, 4.69) is 35.2 Å². The number of hydrogen-bond donors (Lipinski definition) is 1. The molecule has 0 radical (unpaired) electrons. The van der Waals surface area contributed by atoms with Gasteiger partial charge in [0.2, 0.25) is 0 Å². The van der Waals surface area contributed by atoms with Crippen LogP contribution in [0.1, 0.15) is 32.0 Å². The fourth-order valence-electron chi connectivity index (χ4n) is 2.11. The molecule has 90 valence electrons. The van der Waals surface area contributed by atoms with Crippen LogP contribution in [0.5, 0.6) is 0 Å². The summed E-state index contributed by atoms with van der Waals surface area (Å²) in [6.07, 6.45) is 5.19. The van der Waals surface area contributed by atoms with Crippen LogP contribution in [-0.2, 0) is 6.54 Å². The SMILES string of the molecule is CC(C)C(N)c1cncn1CC1CCSC1. The third kappa shape index (κ3) is 2.61. The van der Waals surface area contributed by atoms with Crippen LogP contribution in [0.2, 0.25) is 0 Å². The highest BCUT2D eigenvalue weighted by atomic mass is 32.2. The van der Waals surface area contributed by atoms with E-state index in [9.17, 15) is 0 Å². The Balaban J connectivity index is 2.06. The van der Waals surface area contributed by atoms with Gasteiger partial charge in [-0.3, -0.25) is 0 Å². The van der Waals surface area contributed by atoms with Crippen molar-refractivity contribution in [2.75, 3.05) is 11.5 Å². The largest absolute Gasteiger partial charge is 0.333 e. The van der Waals surface area contributed by atoms with E-state index >= 15 is 0 Å².